The number of hydrogen-bond donors (Lipinski definition) is 1. The molecule has 4 heteroatoms. The van der Waals surface area contributed by atoms with Gasteiger partial charge in [0.05, 0.1) is 0 Å². The Hall–Kier alpha value is -0.0800. The van der Waals surface area contributed by atoms with Crippen LogP contribution in [0.15, 0.2) is 11.9 Å². The maximum atomic E-state index is 3.25. The Morgan fingerprint density at radius 2 is 2.27 bits per heavy atom. The van der Waals surface area contributed by atoms with Crippen LogP contribution in [0.4, 0.5) is 0 Å². The van der Waals surface area contributed by atoms with Crippen molar-refractivity contribution in [1.29, 1.82) is 0 Å². The smallest absolute Gasteiger partial charge is 0.0339 e. The van der Waals surface area contributed by atoms with Crippen molar-refractivity contribution in [1.82, 2.24) is 10.2 Å². The highest BCUT2D eigenvalue weighted by molar-refractivity contribution is 5.85. The molecule has 1 fully saturated rings. The second-order valence-electron chi connectivity index (χ2n) is 2.88. The fraction of sp³-hybridized carbons (Fsp3) is 0.714. The zero-order chi connectivity index (χ0) is 6.27. The van der Waals surface area contributed by atoms with Gasteiger partial charge in [0, 0.05) is 38.0 Å². The molecule has 1 N–H and O–H groups in total. The van der Waals surface area contributed by atoms with Gasteiger partial charge in [-0.05, 0) is 6.42 Å². The van der Waals surface area contributed by atoms with E-state index in [1.54, 1.807) is 0 Å². The van der Waals surface area contributed by atoms with Crippen molar-refractivity contribution < 1.29 is 0 Å². The molecule has 0 bridgehead atoms. The first kappa shape index (κ1) is 10.9. The minimum Gasteiger partial charge on any atom is -0.389 e. The molecule has 0 radical (unpaired) electrons. The van der Waals surface area contributed by atoms with E-state index in [0.29, 0.717) is 0 Å². The molecule has 0 amide bonds. The lowest BCUT2D eigenvalue weighted by Crippen LogP contribution is -2.10. The minimum atomic E-state index is 0. The van der Waals surface area contributed by atoms with Crippen LogP contribution in [0.3, 0.4) is 0 Å². The molecule has 0 aliphatic carbocycles. The summed E-state index contributed by atoms with van der Waals surface area (Å²) in [5.41, 5.74) is 1.51. The first-order valence-electron chi connectivity index (χ1n) is 3.52. The van der Waals surface area contributed by atoms with Crippen LogP contribution in [0.1, 0.15) is 6.42 Å². The first-order valence-corrected chi connectivity index (χ1v) is 3.52. The Morgan fingerprint density at radius 3 is 2.91 bits per heavy atom. The molecular weight excluding hydrogens is 183 g/mol. The van der Waals surface area contributed by atoms with Crippen molar-refractivity contribution >= 4 is 24.8 Å². The molecule has 2 rings (SSSR count). The lowest BCUT2D eigenvalue weighted by molar-refractivity contribution is 0.479. The average Bonchev–Trinajstić information content (AvgIpc) is 2.35. The molecule has 0 aromatic rings. The van der Waals surface area contributed by atoms with Crippen molar-refractivity contribution in [2.24, 2.45) is 5.92 Å². The third-order valence-corrected chi connectivity index (χ3v) is 2.29. The Kier molecular flexibility index (Phi) is 4.04. The molecule has 0 aromatic carbocycles. The number of nitrogens with one attached hydrogen (secondary N) is 1. The molecule has 0 aromatic heterocycles. The largest absolute Gasteiger partial charge is 0.389 e. The summed E-state index contributed by atoms with van der Waals surface area (Å²) >= 11 is 0. The van der Waals surface area contributed by atoms with Gasteiger partial charge in [-0.1, -0.05) is 0 Å². The topological polar surface area (TPSA) is 15.3 Å². The summed E-state index contributed by atoms with van der Waals surface area (Å²) in [6, 6.07) is 0. The van der Waals surface area contributed by atoms with Crippen LogP contribution in [-0.4, -0.2) is 25.0 Å². The molecule has 2 nitrogen and oxygen atoms in total. The first-order chi connectivity index (χ1) is 4.38. The van der Waals surface area contributed by atoms with Crippen molar-refractivity contribution in [3.05, 3.63) is 11.9 Å². The molecule has 1 unspecified atom stereocenters. The van der Waals surface area contributed by atoms with Crippen LogP contribution in [0.25, 0.3) is 0 Å². The molecule has 2 heterocycles. The van der Waals surface area contributed by atoms with Gasteiger partial charge in [0.2, 0.25) is 0 Å². The predicted molar refractivity (Wildman–Crippen MR) is 51.3 cm³/mol. The molecule has 66 valence electrons. The van der Waals surface area contributed by atoms with Gasteiger partial charge >= 0.3 is 0 Å². The Balaban J connectivity index is 0.000000500. The monoisotopic (exact) mass is 196 g/mol. The fourth-order valence-corrected chi connectivity index (χ4v) is 1.68. The lowest BCUT2D eigenvalue weighted by Gasteiger charge is -2.10. The summed E-state index contributed by atoms with van der Waals surface area (Å²) in [5, 5.41) is 3.25. The van der Waals surface area contributed by atoms with Gasteiger partial charge < -0.3 is 10.2 Å². The van der Waals surface area contributed by atoms with E-state index in [9.17, 15) is 0 Å². The molecule has 1 saturated heterocycles. The van der Waals surface area contributed by atoms with Gasteiger partial charge in [0.25, 0.3) is 0 Å². The number of likely N-dealkylation sites (tertiary alicyclic amines) is 1. The summed E-state index contributed by atoms with van der Waals surface area (Å²) in [6.07, 6.45) is 3.49. The van der Waals surface area contributed by atoms with E-state index in [1.165, 1.54) is 25.2 Å². The third kappa shape index (κ3) is 1.74. The number of hydrogen-bond acceptors (Lipinski definition) is 2. The highest BCUT2D eigenvalue weighted by Gasteiger charge is 2.27. The Bertz CT molecular complexity index is 159. The summed E-state index contributed by atoms with van der Waals surface area (Å²) in [6.45, 7) is 2.41. The van der Waals surface area contributed by atoms with E-state index in [2.05, 4.69) is 23.5 Å². The van der Waals surface area contributed by atoms with Crippen molar-refractivity contribution in [2.75, 3.05) is 20.1 Å². The maximum absolute atomic E-state index is 3.25. The van der Waals surface area contributed by atoms with Gasteiger partial charge in [-0.2, -0.15) is 0 Å². The van der Waals surface area contributed by atoms with Crippen LogP contribution in [0, 0.1) is 5.92 Å². The van der Waals surface area contributed by atoms with Crippen LogP contribution < -0.4 is 5.32 Å². The molecule has 11 heavy (non-hydrogen) atoms. The molecule has 1 atom stereocenters. The highest BCUT2D eigenvalue weighted by atomic mass is 35.5. The number of halogens is 2. The fourth-order valence-electron chi connectivity index (χ4n) is 1.68. The van der Waals surface area contributed by atoms with E-state index in [-0.39, 0.29) is 24.8 Å². The van der Waals surface area contributed by atoms with Crippen molar-refractivity contribution in [3.8, 4) is 0 Å². The van der Waals surface area contributed by atoms with Gasteiger partial charge in [-0.3, -0.25) is 0 Å². The standard InChI is InChI=1S/C7H12N2.2ClH/c1-9-3-2-6-4-8-5-7(6)9;;/h5-6,8H,2-4H2,1H3;2*1H. The van der Waals surface area contributed by atoms with E-state index in [1.807, 2.05) is 0 Å². The highest BCUT2D eigenvalue weighted by Crippen LogP contribution is 2.27. The normalized spacial score (nSPS) is 26.1. The van der Waals surface area contributed by atoms with Gasteiger partial charge in [0.1, 0.15) is 0 Å². The number of rotatable bonds is 0. The predicted octanol–water partition coefficient (Wildman–Crippen LogP) is 1.23. The summed E-state index contributed by atoms with van der Waals surface area (Å²) < 4.78 is 0. The Labute approximate surface area is 79.8 Å². The summed E-state index contributed by atoms with van der Waals surface area (Å²) in [5.74, 6) is 0.829. The van der Waals surface area contributed by atoms with Gasteiger partial charge in [-0.15, -0.1) is 24.8 Å². The number of nitrogens with zero attached hydrogens (tertiary/aromatic N) is 1. The third-order valence-electron chi connectivity index (χ3n) is 2.29. The minimum absolute atomic E-state index is 0. The van der Waals surface area contributed by atoms with Crippen LogP contribution in [-0.2, 0) is 0 Å². The van der Waals surface area contributed by atoms with Gasteiger partial charge in [-0.25, -0.2) is 0 Å². The molecule has 0 saturated carbocycles. The van der Waals surface area contributed by atoms with Crippen LogP contribution >= 0.6 is 24.8 Å². The summed E-state index contributed by atoms with van der Waals surface area (Å²) in [4.78, 5) is 2.34. The van der Waals surface area contributed by atoms with E-state index >= 15 is 0 Å². The van der Waals surface area contributed by atoms with Crippen molar-refractivity contribution in [3.63, 3.8) is 0 Å². The zero-order valence-electron chi connectivity index (χ0n) is 6.54. The summed E-state index contributed by atoms with van der Waals surface area (Å²) in [7, 11) is 2.17. The van der Waals surface area contributed by atoms with E-state index in [0.717, 1.165) is 5.92 Å². The van der Waals surface area contributed by atoms with Crippen molar-refractivity contribution in [2.45, 2.75) is 6.42 Å². The SMILES string of the molecule is CN1CCC2CNC=C21.Cl.Cl. The zero-order valence-corrected chi connectivity index (χ0v) is 8.17. The molecular formula is C7H14Cl2N2. The lowest BCUT2D eigenvalue weighted by atomic mass is 10.1. The molecule has 2 aliphatic heterocycles. The second kappa shape index (κ2) is 4.07. The molecule has 0 spiro atoms. The Morgan fingerprint density at radius 1 is 1.55 bits per heavy atom. The maximum Gasteiger partial charge on any atom is 0.0339 e. The van der Waals surface area contributed by atoms with E-state index in [4.69, 9.17) is 0 Å². The van der Waals surface area contributed by atoms with Crippen LogP contribution in [0.2, 0.25) is 0 Å². The van der Waals surface area contributed by atoms with Crippen LogP contribution in [0.5, 0.6) is 0 Å². The quantitative estimate of drug-likeness (QED) is 0.628. The van der Waals surface area contributed by atoms with E-state index < -0.39 is 0 Å². The number of fused-ring (bicyclic) bond motifs is 1. The molecule has 2 aliphatic rings. The van der Waals surface area contributed by atoms with Gasteiger partial charge in [0.15, 0.2) is 0 Å². The second-order valence-corrected chi connectivity index (χ2v) is 2.88. The average molecular weight is 197 g/mol.